The monoisotopic (exact) mass is 289 g/mol. The Morgan fingerprint density at radius 2 is 1.21 bits per heavy atom. The van der Waals surface area contributed by atoms with Crippen LogP contribution >= 0.6 is 0 Å². The van der Waals surface area contributed by atoms with Crippen LogP contribution in [0.1, 0.15) is 71.1 Å². The lowest BCUT2D eigenvalue weighted by molar-refractivity contribution is -0.884. The maximum atomic E-state index is 3.83. The average Bonchev–Trinajstić information content (AvgIpc) is 2.31. The summed E-state index contributed by atoms with van der Waals surface area (Å²) in [6, 6.07) is 0. The largest absolute Gasteiger partial charge is 1.00 e. The Morgan fingerprint density at radius 1 is 0.789 bits per heavy atom. The quantitative estimate of drug-likeness (QED) is 0.277. The SMILES string of the molecule is C=CC[N+](C)(C)CCCCCCCCCCCC.[Cl-]. The number of hydrogen-bond acceptors (Lipinski definition) is 0. The molecule has 0 saturated heterocycles. The number of hydrogen-bond donors (Lipinski definition) is 0. The molecule has 0 aromatic carbocycles. The lowest BCUT2D eigenvalue weighted by atomic mass is 10.1. The lowest BCUT2D eigenvalue weighted by Gasteiger charge is -2.28. The molecule has 0 aliphatic rings. The number of likely N-dealkylation sites (N-methyl/N-ethyl adjacent to an activating group) is 1. The highest BCUT2D eigenvalue weighted by Gasteiger charge is 2.10. The smallest absolute Gasteiger partial charge is 0.0966 e. The van der Waals surface area contributed by atoms with Crippen LogP contribution in [0.3, 0.4) is 0 Å². The number of unbranched alkanes of at least 4 members (excludes halogenated alkanes) is 9. The van der Waals surface area contributed by atoms with Crippen LogP contribution in [0.2, 0.25) is 0 Å². The molecule has 0 aromatic rings. The molecule has 19 heavy (non-hydrogen) atoms. The van der Waals surface area contributed by atoms with E-state index in [1.54, 1.807) is 0 Å². The molecule has 0 unspecified atom stereocenters. The molecule has 2 heteroatoms. The third-order valence-corrected chi connectivity index (χ3v) is 3.74. The number of rotatable bonds is 13. The van der Waals surface area contributed by atoms with Crippen LogP contribution in [0.5, 0.6) is 0 Å². The summed E-state index contributed by atoms with van der Waals surface area (Å²) in [6.45, 7) is 8.50. The molecule has 0 fully saturated rings. The molecule has 0 aliphatic heterocycles. The Bertz CT molecular complexity index is 190. The summed E-state index contributed by atoms with van der Waals surface area (Å²) < 4.78 is 1.10. The maximum Gasteiger partial charge on any atom is 0.0966 e. The van der Waals surface area contributed by atoms with Crippen molar-refractivity contribution in [3.8, 4) is 0 Å². The van der Waals surface area contributed by atoms with Gasteiger partial charge in [0, 0.05) is 0 Å². The number of halogens is 1. The first-order valence-corrected chi connectivity index (χ1v) is 8.05. The third kappa shape index (κ3) is 15.9. The lowest BCUT2D eigenvalue weighted by Crippen LogP contribution is -3.00. The molecule has 0 heterocycles. The van der Waals surface area contributed by atoms with Crippen LogP contribution in [0, 0.1) is 0 Å². The zero-order valence-corrected chi connectivity index (χ0v) is 14.4. The van der Waals surface area contributed by atoms with Crippen LogP contribution in [0.4, 0.5) is 0 Å². The minimum absolute atomic E-state index is 0. The average molecular weight is 290 g/mol. The predicted molar refractivity (Wildman–Crippen MR) is 83.9 cm³/mol. The van der Waals surface area contributed by atoms with E-state index in [-0.39, 0.29) is 12.4 Å². The second-order valence-electron chi connectivity index (χ2n) is 6.31. The van der Waals surface area contributed by atoms with Crippen LogP contribution in [0.15, 0.2) is 12.7 Å². The summed E-state index contributed by atoms with van der Waals surface area (Å²) in [4.78, 5) is 0. The zero-order valence-electron chi connectivity index (χ0n) is 13.6. The first-order valence-electron chi connectivity index (χ1n) is 8.05. The first-order chi connectivity index (χ1) is 8.62. The van der Waals surface area contributed by atoms with E-state index in [0.29, 0.717) is 0 Å². The Morgan fingerprint density at radius 3 is 1.63 bits per heavy atom. The molecule has 0 amide bonds. The van der Waals surface area contributed by atoms with Crippen molar-refractivity contribution in [1.82, 2.24) is 0 Å². The van der Waals surface area contributed by atoms with Crippen molar-refractivity contribution in [3.63, 3.8) is 0 Å². The van der Waals surface area contributed by atoms with Gasteiger partial charge in [-0.3, -0.25) is 0 Å². The van der Waals surface area contributed by atoms with Crippen molar-refractivity contribution in [2.24, 2.45) is 0 Å². The van der Waals surface area contributed by atoms with Gasteiger partial charge in [0.2, 0.25) is 0 Å². The van der Waals surface area contributed by atoms with Gasteiger partial charge in [-0.25, -0.2) is 0 Å². The molecule has 0 spiro atoms. The Hall–Kier alpha value is -0.0100. The van der Waals surface area contributed by atoms with Crippen molar-refractivity contribution in [2.75, 3.05) is 27.2 Å². The van der Waals surface area contributed by atoms with Crippen molar-refractivity contribution >= 4 is 0 Å². The second kappa shape index (κ2) is 14.4. The zero-order chi connectivity index (χ0) is 13.7. The van der Waals surface area contributed by atoms with Crippen molar-refractivity contribution in [2.45, 2.75) is 71.1 Å². The first kappa shape index (κ1) is 21.3. The highest BCUT2D eigenvalue weighted by atomic mass is 35.5. The summed E-state index contributed by atoms with van der Waals surface area (Å²) in [7, 11) is 4.60. The van der Waals surface area contributed by atoms with Crippen LogP contribution < -0.4 is 12.4 Å². The Balaban J connectivity index is 0. The summed E-state index contributed by atoms with van der Waals surface area (Å²) in [5, 5.41) is 0. The minimum Gasteiger partial charge on any atom is -1.00 e. The van der Waals surface area contributed by atoms with Crippen LogP contribution in [0.25, 0.3) is 0 Å². The summed E-state index contributed by atoms with van der Waals surface area (Å²) in [5.41, 5.74) is 0. The molecule has 0 bridgehead atoms. The van der Waals surface area contributed by atoms with Gasteiger partial charge < -0.3 is 16.9 Å². The van der Waals surface area contributed by atoms with Crippen molar-refractivity contribution in [3.05, 3.63) is 12.7 Å². The molecule has 0 rings (SSSR count). The predicted octanol–water partition coefficient (Wildman–Crippen LogP) is 2.17. The highest BCUT2D eigenvalue weighted by molar-refractivity contribution is 4.64. The molecule has 0 aliphatic carbocycles. The fourth-order valence-corrected chi connectivity index (χ4v) is 2.47. The molecular weight excluding hydrogens is 254 g/mol. The number of quaternary nitrogens is 1. The van der Waals surface area contributed by atoms with Crippen molar-refractivity contribution < 1.29 is 16.9 Å². The van der Waals surface area contributed by atoms with E-state index in [9.17, 15) is 0 Å². The fourth-order valence-electron chi connectivity index (χ4n) is 2.47. The van der Waals surface area contributed by atoms with Gasteiger partial charge in [-0.1, -0.05) is 64.9 Å². The van der Waals surface area contributed by atoms with E-state index in [1.165, 1.54) is 70.8 Å². The van der Waals surface area contributed by atoms with Gasteiger partial charge in [-0.2, -0.15) is 0 Å². The molecule has 116 valence electrons. The Labute approximate surface area is 128 Å². The van der Waals surface area contributed by atoms with Gasteiger partial charge in [0.1, 0.15) is 0 Å². The topological polar surface area (TPSA) is 0 Å². The summed E-state index contributed by atoms with van der Waals surface area (Å²) >= 11 is 0. The normalized spacial score (nSPS) is 11.1. The van der Waals surface area contributed by atoms with Crippen LogP contribution in [-0.4, -0.2) is 31.7 Å². The molecule has 1 nitrogen and oxygen atoms in total. The summed E-state index contributed by atoms with van der Waals surface area (Å²) in [6.07, 6.45) is 16.3. The molecule has 0 N–H and O–H groups in total. The van der Waals surface area contributed by atoms with Crippen LogP contribution in [-0.2, 0) is 0 Å². The molecule has 0 aromatic heterocycles. The molecule has 0 atom stereocenters. The van der Waals surface area contributed by atoms with Gasteiger partial charge >= 0.3 is 0 Å². The second-order valence-corrected chi connectivity index (χ2v) is 6.31. The standard InChI is InChI=1S/C17H36N.ClH/c1-5-7-8-9-10-11-12-13-14-15-17-18(3,4)16-6-2;/h6H,2,5,7-17H2,1,3-4H3;1H/q+1;/p-1. The molecule has 0 radical (unpaired) electrons. The molecule has 0 saturated carbocycles. The van der Waals surface area contributed by atoms with Gasteiger partial charge in [0.15, 0.2) is 0 Å². The van der Waals surface area contributed by atoms with E-state index in [2.05, 4.69) is 27.6 Å². The van der Waals surface area contributed by atoms with E-state index >= 15 is 0 Å². The van der Waals surface area contributed by atoms with Gasteiger partial charge in [0.05, 0.1) is 27.2 Å². The maximum absolute atomic E-state index is 3.83. The van der Waals surface area contributed by atoms with Gasteiger partial charge in [-0.15, -0.1) is 0 Å². The third-order valence-electron chi connectivity index (χ3n) is 3.74. The van der Waals surface area contributed by atoms with Gasteiger partial charge in [-0.05, 0) is 18.9 Å². The Kier molecular flexibility index (Phi) is 16.1. The molecular formula is C17H36ClN. The minimum atomic E-state index is 0. The fraction of sp³-hybridized carbons (Fsp3) is 0.882. The summed E-state index contributed by atoms with van der Waals surface area (Å²) in [5.74, 6) is 0. The highest BCUT2D eigenvalue weighted by Crippen LogP contribution is 2.11. The van der Waals surface area contributed by atoms with Gasteiger partial charge in [0.25, 0.3) is 0 Å². The van der Waals surface area contributed by atoms with E-state index in [4.69, 9.17) is 0 Å². The van der Waals surface area contributed by atoms with Crippen molar-refractivity contribution in [1.29, 1.82) is 0 Å². The number of nitrogens with zero attached hydrogens (tertiary/aromatic N) is 1. The van der Waals surface area contributed by atoms with E-state index < -0.39 is 0 Å². The van der Waals surface area contributed by atoms with E-state index in [0.717, 1.165) is 11.0 Å². The van der Waals surface area contributed by atoms with E-state index in [1.807, 2.05) is 6.08 Å².